The van der Waals surface area contributed by atoms with Gasteiger partial charge in [0.15, 0.2) is 0 Å². The Hall–Kier alpha value is -1.75. The van der Waals surface area contributed by atoms with Gasteiger partial charge in [-0.15, -0.1) is 0 Å². The lowest BCUT2D eigenvalue weighted by Crippen LogP contribution is -2.39. The Balaban J connectivity index is 1.95. The van der Waals surface area contributed by atoms with Crippen molar-refractivity contribution < 1.29 is 14.3 Å². The van der Waals surface area contributed by atoms with Gasteiger partial charge in [0.05, 0.1) is 26.8 Å². The second-order valence-electron chi connectivity index (χ2n) is 6.44. The number of hydrogen-bond donors (Lipinski definition) is 1. The van der Waals surface area contributed by atoms with Gasteiger partial charge < -0.3 is 14.8 Å². The van der Waals surface area contributed by atoms with Crippen LogP contribution in [0.4, 0.5) is 0 Å². The van der Waals surface area contributed by atoms with Crippen LogP contribution in [0.25, 0.3) is 0 Å². The van der Waals surface area contributed by atoms with Crippen molar-refractivity contribution in [3.63, 3.8) is 0 Å². The lowest BCUT2D eigenvalue weighted by atomic mass is 10.1. The van der Waals surface area contributed by atoms with Gasteiger partial charge in [0.2, 0.25) is 5.91 Å². The van der Waals surface area contributed by atoms with E-state index in [0.29, 0.717) is 6.54 Å². The molecule has 1 aromatic carbocycles. The van der Waals surface area contributed by atoms with Crippen molar-refractivity contribution in [2.45, 2.75) is 45.1 Å². The first-order valence-electron chi connectivity index (χ1n) is 8.87. The van der Waals surface area contributed by atoms with Crippen LogP contribution in [0.1, 0.15) is 50.6 Å². The molecule has 0 aromatic heterocycles. The average molecular weight is 334 g/mol. The normalized spacial score (nSPS) is 17.5. The highest BCUT2D eigenvalue weighted by atomic mass is 16.5. The average Bonchev–Trinajstić information content (AvgIpc) is 2.56. The maximum absolute atomic E-state index is 12.4. The second kappa shape index (κ2) is 9.52. The quantitative estimate of drug-likeness (QED) is 0.868. The number of nitrogens with one attached hydrogen (secondary N) is 1. The first-order valence-corrected chi connectivity index (χ1v) is 8.87. The number of ether oxygens (including phenoxy) is 2. The largest absolute Gasteiger partial charge is 0.497 e. The molecule has 1 aliphatic heterocycles. The Kier molecular flexibility index (Phi) is 7.37. The van der Waals surface area contributed by atoms with E-state index < -0.39 is 0 Å². The number of carbonyl (C=O) groups is 1. The third-order valence-electron chi connectivity index (χ3n) is 4.60. The first kappa shape index (κ1) is 18.6. The van der Waals surface area contributed by atoms with Gasteiger partial charge in [-0.05, 0) is 51.1 Å². The SMILES string of the molecule is COc1ccc(OC)c([C@H](C)NC(=O)CN2CCCCCCC2)c1. The molecule has 1 saturated heterocycles. The zero-order valence-corrected chi connectivity index (χ0v) is 15.1. The Morgan fingerprint density at radius 3 is 2.42 bits per heavy atom. The highest BCUT2D eigenvalue weighted by molar-refractivity contribution is 5.78. The molecular weight excluding hydrogens is 304 g/mol. The molecule has 0 saturated carbocycles. The van der Waals surface area contributed by atoms with Crippen molar-refractivity contribution in [1.82, 2.24) is 10.2 Å². The van der Waals surface area contributed by atoms with Crippen LogP contribution in [-0.4, -0.2) is 44.7 Å². The van der Waals surface area contributed by atoms with Crippen molar-refractivity contribution in [3.05, 3.63) is 23.8 Å². The predicted molar refractivity (Wildman–Crippen MR) is 95.6 cm³/mol. The van der Waals surface area contributed by atoms with Crippen LogP contribution in [0.2, 0.25) is 0 Å². The molecule has 0 aliphatic carbocycles. The topological polar surface area (TPSA) is 50.8 Å². The van der Waals surface area contributed by atoms with Gasteiger partial charge in [0, 0.05) is 5.56 Å². The molecule has 1 amide bonds. The van der Waals surface area contributed by atoms with Gasteiger partial charge in [0.25, 0.3) is 0 Å². The van der Waals surface area contributed by atoms with Crippen LogP contribution in [0, 0.1) is 0 Å². The van der Waals surface area contributed by atoms with Gasteiger partial charge >= 0.3 is 0 Å². The lowest BCUT2D eigenvalue weighted by Gasteiger charge is -2.25. The summed E-state index contributed by atoms with van der Waals surface area (Å²) in [6.07, 6.45) is 6.25. The third-order valence-corrected chi connectivity index (χ3v) is 4.60. The molecule has 1 fully saturated rings. The van der Waals surface area contributed by atoms with E-state index in [1.165, 1.54) is 32.1 Å². The summed E-state index contributed by atoms with van der Waals surface area (Å²) in [6, 6.07) is 5.52. The van der Waals surface area contributed by atoms with E-state index >= 15 is 0 Å². The second-order valence-corrected chi connectivity index (χ2v) is 6.44. The standard InChI is InChI=1S/C19H30N2O3/c1-15(17-13-16(23-2)9-10-18(17)24-3)20-19(22)14-21-11-7-5-4-6-8-12-21/h9-10,13,15H,4-8,11-12,14H2,1-3H3,(H,20,22)/t15-/m0/s1. The zero-order chi connectivity index (χ0) is 17.4. The molecule has 24 heavy (non-hydrogen) atoms. The molecule has 2 rings (SSSR count). The zero-order valence-electron chi connectivity index (χ0n) is 15.1. The van der Waals surface area contributed by atoms with E-state index in [1.807, 2.05) is 25.1 Å². The van der Waals surface area contributed by atoms with Gasteiger partial charge in [-0.3, -0.25) is 9.69 Å². The molecule has 5 nitrogen and oxygen atoms in total. The molecule has 0 spiro atoms. The lowest BCUT2D eigenvalue weighted by molar-refractivity contribution is -0.123. The first-order chi connectivity index (χ1) is 11.6. The molecule has 1 aliphatic rings. The van der Waals surface area contributed by atoms with Crippen molar-refractivity contribution in [3.8, 4) is 11.5 Å². The van der Waals surface area contributed by atoms with Crippen LogP contribution in [0.3, 0.4) is 0 Å². The fourth-order valence-corrected chi connectivity index (χ4v) is 3.22. The summed E-state index contributed by atoms with van der Waals surface area (Å²) in [7, 11) is 3.27. The summed E-state index contributed by atoms with van der Waals surface area (Å²) in [4.78, 5) is 14.7. The van der Waals surface area contributed by atoms with E-state index in [9.17, 15) is 4.79 Å². The summed E-state index contributed by atoms with van der Waals surface area (Å²) in [5.74, 6) is 1.58. The minimum Gasteiger partial charge on any atom is -0.497 e. The fraction of sp³-hybridized carbons (Fsp3) is 0.632. The third kappa shape index (κ3) is 5.41. The maximum Gasteiger partial charge on any atom is 0.234 e. The highest BCUT2D eigenvalue weighted by Gasteiger charge is 2.17. The Morgan fingerprint density at radius 2 is 1.79 bits per heavy atom. The van der Waals surface area contributed by atoms with Crippen molar-refractivity contribution in [2.24, 2.45) is 0 Å². The molecule has 134 valence electrons. The number of nitrogens with zero attached hydrogens (tertiary/aromatic N) is 1. The van der Waals surface area contributed by atoms with E-state index in [4.69, 9.17) is 9.47 Å². The Morgan fingerprint density at radius 1 is 1.12 bits per heavy atom. The summed E-state index contributed by atoms with van der Waals surface area (Å²) in [5.41, 5.74) is 0.929. The number of carbonyl (C=O) groups excluding carboxylic acids is 1. The number of amides is 1. The van der Waals surface area contributed by atoms with Crippen molar-refractivity contribution in [2.75, 3.05) is 33.9 Å². The van der Waals surface area contributed by atoms with E-state index in [-0.39, 0.29) is 11.9 Å². The van der Waals surface area contributed by atoms with Gasteiger partial charge in [-0.25, -0.2) is 0 Å². The summed E-state index contributed by atoms with van der Waals surface area (Å²) in [5, 5.41) is 3.09. The predicted octanol–water partition coefficient (Wildman–Crippen LogP) is 3.15. The molecule has 0 unspecified atom stereocenters. The smallest absolute Gasteiger partial charge is 0.234 e. The van der Waals surface area contributed by atoms with Gasteiger partial charge in [0.1, 0.15) is 11.5 Å². The molecule has 1 N–H and O–H groups in total. The highest BCUT2D eigenvalue weighted by Crippen LogP contribution is 2.29. The molecule has 1 heterocycles. The molecule has 0 radical (unpaired) electrons. The number of benzene rings is 1. The number of rotatable bonds is 6. The Labute approximate surface area is 145 Å². The van der Waals surface area contributed by atoms with E-state index in [2.05, 4.69) is 10.2 Å². The monoisotopic (exact) mass is 334 g/mol. The van der Waals surface area contributed by atoms with Crippen LogP contribution in [0.5, 0.6) is 11.5 Å². The summed E-state index contributed by atoms with van der Waals surface area (Å²) < 4.78 is 10.7. The number of likely N-dealkylation sites (tertiary alicyclic amines) is 1. The van der Waals surface area contributed by atoms with Gasteiger partial charge in [-0.1, -0.05) is 19.3 Å². The van der Waals surface area contributed by atoms with Crippen LogP contribution < -0.4 is 14.8 Å². The van der Waals surface area contributed by atoms with Crippen molar-refractivity contribution >= 4 is 5.91 Å². The molecule has 1 atom stereocenters. The van der Waals surface area contributed by atoms with Crippen molar-refractivity contribution in [1.29, 1.82) is 0 Å². The summed E-state index contributed by atoms with van der Waals surface area (Å²) >= 11 is 0. The molecule has 0 bridgehead atoms. The van der Waals surface area contributed by atoms with E-state index in [1.54, 1.807) is 14.2 Å². The minimum absolute atomic E-state index is 0.0629. The van der Waals surface area contributed by atoms with E-state index in [0.717, 1.165) is 30.2 Å². The maximum atomic E-state index is 12.4. The summed E-state index contributed by atoms with van der Waals surface area (Å²) in [6.45, 7) is 4.48. The fourth-order valence-electron chi connectivity index (χ4n) is 3.22. The van der Waals surface area contributed by atoms with Gasteiger partial charge in [-0.2, -0.15) is 0 Å². The number of hydrogen-bond acceptors (Lipinski definition) is 4. The van der Waals surface area contributed by atoms with Crippen LogP contribution >= 0.6 is 0 Å². The number of methoxy groups -OCH3 is 2. The molecule has 1 aromatic rings. The molecule has 5 heteroatoms. The van der Waals surface area contributed by atoms with Crippen LogP contribution in [-0.2, 0) is 4.79 Å². The minimum atomic E-state index is -0.127. The van der Waals surface area contributed by atoms with Crippen LogP contribution in [0.15, 0.2) is 18.2 Å². The Bertz CT molecular complexity index is 525. The molecular formula is C19H30N2O3.